The van der Waals surface area contributed by atoms with E-state index in [0.717, 1.165) is 32.4 Å². The van der Waals surface area contributed by atoms with Crippen LogP contribution in [0.3, 0.4) is 0 Å². The summed E-state index contributed by atoms with van der Waals surface area (Å²) in [6.07, 6.45) is 3.53. The molecule has 1 aliphatic heterocycles. The smallest absolute Gasteiger partial charge is 0.309 e. The molecule has 186 valence electrons. The van der Waals surface area contributed by atoms with Gasteiger partial charge in [0.15, 0.2) is 5.82 Å². The highest BCUT2D eigenvalue weighted by Crippen LogP contribution is 2.37. The molecule has 1 aromatic heterocycles. The first-order chi connectivity index (χ1) is 16.7. The highest BCUT2D eigenvalue weighted by Gasteiger charge is 2.29. The third kappa shape index (κ3) is 5.58. The normalized spacial score (nSPS) is 14.2. The maximum absolute atomic E-state index is 12.8. The Kier molecular flexibility index (Phi) is 7.59. The average Bonchev–Trinajstić information content (AvgIpc) is 3.20. The second-order valence-electron chi connectivity index (χ2n) is 8.34. The van der Waals surface area contributed by atoms with Crippen molar-refractivity contribution in [2.24, 2.45) is 5.73 Å². The topological polar surface area (TPSA) is 108 Å². The molecule has 1 aliphatic rings. The van der Waals surface area contributed by atoms with Gasteiger partial charge < -0.3 is 14.8 Å². The van der Waals surface area contributed by atoms with Crippen molar-refractivity contribution >= 4 is 45.0 Å². The van der Waals surface area contributed by atoms with Gasteiger partial charge in [-0.25, -0.2) is 4.68 Å². The Labute approximate surface area is 214 Å². The number of piperidine rings is 1. The first-order valence-corrected chi connectivity index (χ1v) is 13.7. The number of hydrogen-bond acceptors (Lipinski definition) is 6. The van der Waals surface area contributed by atoms with E-state index in [2.05, 4.69) is 4.90 Å². The maximum atomic E-state index is 12.8. The first-order valence-electron chi connectivity index (χ1n) is 11.4. The van der Waals surface area contributed by atoms with E-state index in [-0.39, 0.29) is 17.1 Å². The molecule has 2 heterocycles. The maximum Gasteiger partial charge on any atom is 0.309 e. The number of anilines is 1. The Morgan fingerprint density at radius 3 is 2.37 bits per heavy atom. The molecule has 3 aromatic rings. The third-order valence-corrected chi connectivity index (χ3v) is 7.60. The Balaban J connectivity index is 1.87. The second-order valence-corrected chi connectivity index (χ2v) is 10.9. The minimum atomic E-state index is -3.68. The molecule has 0 aliphatic carbocycles. The summed E-state index contributed by atoms with van der Waals surface area (Å²) in [6.45, 7) is 3.28. The van der Waals surface area contributed by atoms with E-state index >= 15 is 0 Å². The summed E-state index contributed by atoms with van der Waals surface area (Å²) in [5.41, 5.74) is 7.73. The van der Waals surface area contributed by atoms with E-state index in [1.165, 1.54) is 12.1 Å². The Bertz CT molecular complexity index is 1330. The third-order valence-electron chi connectivity index (χ3n) is 5.71. The highest BCUT2D eigenvalue weighted by molar-refractivity contribution is 7.87. The van der Waals surface area contributed by atoms with Crippen molar-refractivity contribution < 1.29 is 17.4 Å². The van der Waals surface area contributed by atoms with Crippen LogP contribution in [0.4, 0.5) is 5.82 Å². The number of benzene rings is 2. The van der Waals surface area contributed by atoms with Crippen LogP contribution in [0.5, 0.6) is 5.75 Å². The first kappa shape index (κ1) is 25.3. The zero-order valence-corrected chi connectivity index (χ0v) is 21.5. The van der Waals surface area contributed by atoms with Crippen LogP contribution in [-0.4, -0.2) is 42.9 Å². The van der Waals surface area contributed by atoms with E-state index in [0.29, 0.717) is 39.2 Å². The lowest BCUT2D eigenvalue weighted by atomic mass is 10.0. The lowest BCUT2D eigenvalue weighted by molar-refractivity contribution is 0.100. The molecule has 0 spiro atoms. The molecule has 8 nitrogen and oxygen atoms in total. The van der Waals surface area contributed by atoms with Gasteiger partial charge in [0.1, 0.15) is 11.3 Å². The number of carbonyl (C=O) groups excluding carboxylic acids is 1. The molecule has 11 heteroatoms. The van der Waals surface area contributed by atoms with Crippen molar-refractivity contribution in [2.75, 3.05) is 23.7 Å². The predicted molar refractivity (Wildman–Crippen MR) is 138 cm³/mol. The van der Waals surface area contributed by atoms with Crippen LogP contribution in [-0.2, 0) is 10.1 Å². The van der Waals surface area contributed by atoms with E-state index in [1.54, 1.807) is 41.9 Å². The molecule has 0 bridgehead atoms. The van der Waals surface area contributed by atoms with Gasteiger partial charge in [-0.1, -0.05) is 30.1 Å². The van der Waals surface area contributed by atoms with Gasteiger partial charge in [-0.2, -0.15) is 8.42 Å². The van der Waals surface area contributed by atoms with Gasteiger partial charge in [0.25, 0.3) is 5.91 Å². The number of amides is 1. The fourth-order valence-corrected chi connectivity index (χ4v) is 5.64. The van der Waals surface area contributed by atoms with Gasteiger partial charge in [-0.3, -0.25) is 4.79 Å². The summed E-state index contributed by atoms with van der Waals surface area (Å²) >= 11 is 12.6. The molecular formula is C24H26Cl2N4O4S. The van der Waals surface area contributed by atoms with Crippen LogP contribution in [0.15, 0.2) is 42.5 Å². The predicted octanol–water partition coefficient (Wildman–Crippen LogP) is 5.05. The molecule has 1 fully saturated rings. The SMILES string of the molecule is CCCS(=O)(=O)Oc1ccc(-c2c(C(N)=O)c(N3CCCCC3)nn2-c2ccc(Cl)cc2Cl)cc1. The van der Waals surface area contributed by atoms with Crippen molar-refractivity contribution in [1.82, 2.24) is 9.78 Å². The van der Waals surface area contributed by atoms with Crippen molar-refractivity contribution in [3.63, 3.8) is 0 Å². The van der Waals surface area contributed by atoms with Gasteiger partial charge in [-0.05, 0) is 68.1 Å². The lowest BCUT2D eigenvalue weighted by Gasteiger charge is -2.27. The largest absolute Gasteiger partial charge is 0.382 e. The number of nitrogens with zero attached hydrogens (tertiary/aromatic N) is 3. The summed E-state index contributed by atoms with van der Waals surface area (Å²) in [4.78, 5) is 14.8. The Morgan fingerprint density at radius 2 is 1.77 bits per heavy atom. The molecule has 35 heavy (non-hydrogen) atoms. The van der Waals surface area contributed by atoms with Crippen LogP contribution >= 0.6 is 23.2 Å². The van der Waals surface area contributed by atoms with Crippen molar-refractivity contribution in [3.8, 4) is 22.7 Å². The van der Waals surface area contributed by atoms with E-state index in [1.807, 2.05) is 0 Å². The van der Waals surface area contributed by atoms with Gasteiger partial charge in [-0.15, -0.1) is 5.10 Å². The minimum Gasteiger partial charge on any atom is -0.382 e. The van der Waals surface area contributed by atoms with Crippen molar-refractivity contribution in [3.05, 3.63) is 58.1 Å². The van der Waals surface area contributed by atoms with Crippen LogP contribution in [0.1, 0.15) is 43.0 Å². The zero-order valence-electron chi connectivity index (χ0n) is 19.2. The van der Waals surface area contributed by atoms with Crippen LogP contribution in [0.25, 0.3) is 16.9 Å². The molecule has 0 radical (unpaired) electrons. The number of nitrogens with two attached hydrogens (primary N) is 1. The molecular weight excluding hydrogens is 511 g/mol. The number of primary amides is 1. The number of carbonyl (C=O) groups is 1. The second kappa shape index (κ2) is 10.5. The summed E-state index contributed by atoms with van der Waals surface area (Å²) in [5.74, 6) is -0.0387. The van der Waals surface area contributed by atoms with Crippen LogP contribution < -0.4 is 14.8 Å². The van der Waals surface area contributed by atoms with Crippen molar-refractivity contribution in [2.45, 2.75) is 32.6 Å². The number of halogens is 2. The summed E-state index contributed by atoms with van der Waals surface area (Å²) in [6, 6.07) is 11.4. The molecule has 0 saturated carbocycles. The van der Waals surface area contributed by atoms with Crippen molar-refractivity contribution in [1.29, 1.82) is 0 Å². The van der Waals surface area contributed by atoms with Gasteiger partial charge in [0.2, 0.25) is 0 Å². The van der Waals surface area contributed by atoms with E-state index in [9.17, 15) is 13.2 Å². The number of hydrogen-bond donors (Lipinski definition) is 1. The van der Waals surface area contributed by atoms with Gasteiger partial charge in [0.05, 0.1) is 22.2 Å². The molecule has 4 rings (SSSR count). The molecule has 0 atom stereocenters. The Morgan fingerprint density at radius 1 is 1.09 bits per heavy atom. The van der Waals surface area contributed by atoms with E-state index < -0.39 is 16.0 Å². The molecule has 1 saturated heterocycles. The minimum absolute atomic E-state index is 0.0817. The molecule has 2 N–H and O–H groups in total. The summed E-state index contributed by atoms with van der Waals surface area (Å²) < 4.78 is 30.9. The van der Waals surface area contributed by atoms with Crippen LogP contribution in [0, 0.1) is 0 Å². The monoisotopic (exact) mass is 536 g/mol. The highest BCUT2D eigenvalue weighted by atomic mass is 35.5. The standard InChI is InChI=1S/C24H26Cl2N4O4S/c1-2-14-35(32,33)34-18-9-6-16(7-10-18)22-21(23(27)31)24(29-12-4-3-5-13-29)28-30(22)20-11-8-17(25)15-19(20)26/h6-11,15H,2-5,12-14H2,1H3,(H2,27,31). The number of aromatic nitrogens is 2. The molecule has 2 aromatic carbocycles. The fourth-order valence-electron chi connectivity index (χ4n) is 4.16. The zero-order chi connectivity index (χ0) is 25.2. The molecule has 0 unspecified atom stereocenters. The summed E-state index contributed by atoms with van der Waals surface area (Å²) in [7, 11) is -3.68. The van der Waals surface area contributed by atoms with Crippen LogP contribution in [0.2, 0.25) is 10.0 Å². The Hall–Kier alpha value is -2.75. The quantitative estimate of drug-likeness (QED) is 0.403. The average molecular weight is 537 g/mol. The number of rotatable bonds is 8. The van der Waals surface area contributed by atoms with E-state index in [4.69, 9.17) is 38.2 Å². The fraction of sp³-hybridized carbons (Fsp3) is 0.333. The van der Waals surface area contributed by atoms with Gasteiger partial charge in [0, 0.05) is 23.7 Å². The van der Waals surface area contributed by atoms with Gasteiger partial charge >= 0.3 is 10.1 Å². The summed E-state index contributed by atoms with van der Waals surface area (Å²) in [5, 5.41) is 5.61. The lowest BCUT2D eigenvalue weighted by Crippen LogP contribution is -2.31. The molecule has 1 amide bonds.